The normalized spacial score (nSPS) is 11.9. The minimum absolute atomic E-state index is 0.0830. The Bertz CT molecular complexity index is 586. The SMILES string of the molecule is CC(NC(=O)c1ccc(Br)c(N)c1)c1ccncc1. The number of carbonyl (C=O) groups is 1. The van der Waals surface area contributed by atoms with Crippen LogP contribution in [0, 0.1) is 0 Å². The van der Waals surface area contributed by atoms with E-state index in [9.17, 15) is 4.79 Å². The Morgan fingerprint density at radius 2 is 2.00 bits per heavy atom. The molecular formula is C14H14BrN3O. The van der Waals surface area contributed by atoms with Gasteiger partial charge >= 0.3 is 0 Å². The van der Waals surface area contributed by atoms with Gasteiger partial charge in [-0.1, -0.05) is 0 Å². The predicted molar refractivity (Wildman–Crippen MR) is 78.7 cm³/mol. The molecule has 4 nitrogen and oxygen atoms in total. The van der Waals surface area contributed by atoms with Gasteiger partial charge < -0.3 is 11.1 Å². The molecule has 0 spiro atoms. The summed E-state index contributed by atoms with van der Waals surface area (Å²) in [7, 11) is 0. The molecule has 1 unspecified atom stereocenters. The minimum Gasteiger partial charge on any atom is -0.398 e. The standard InChI is InChI=1S/C14H14BrN3O/c1-9(10-4-6-17-7-5-10)18-14(19)11-2-3-12(15)13(16)8-11/h2-9H,16H2,1H3,(H,18,19). The molecule has 0 aliphatic carbocycles. The highest BCUT2D eigenvalue weighted by atomic mass is 79.9. The van der Waals surface area contributed by atoms with Gasteiger partial charge in [0.1, 0.15) is 0 Å². The minimum atomic E-state index is -0.150. The second kappa shape index (κ2) is 5.84. The highest BCUT2D eigenvalue weighted by Crippen LogP contribution is 2.20. The third-order valence-corrected chi connectivity index (χ3v) is 3.53. The van der Waals surface area contributed by atoms with E-state index in [1.54, 1.807) is 30.6 Å². The summed E-state index contributed by atoms with van der Waals surface area (Å²) in [5.74, 6) is -0.150. The molecule has 2 aromatic rings. The summed E-state index contributed by atoms with van der Waals surface area (Å²) in [6, 6.07) is 8.82. The lowest BCUT2D eigenvalue weighted by molar-refractivity contribution is 0.0940. The number of nitrogens with zero attached hydrogens (tertiary/aromatic N) is 1. The molecule has 0 radical (unpaired) electrons. The van der Waals surface area contributed by atoms with Crippen molar-refractivity contribution in [2.45, 2.75) is 13.0 Å². The third-order valence-electron chi connectivity index (χ3n) is 2.81. The highest BCUT2D eigenvalue weighted by Gasteiger charge is 2.12. The first-order valence-corrected chi connectivity index (χ1v) is 6.63. The van der Waals surface area contributed by atoms with Crippen molar-refractivity contribution < 1.29 is 4.79 Å². The fourth-order valence-electron chi connectivity index (χ4n) is 1.70. The number of rotatable bonds is 3. The van der Waals surface area contributed by atoms with Crippen molar-refractivity contribution >= 4 is 27.5 Å². The monoisotopic (exact) mass is 319 g/mol. The molecule has 1 atom stereocenters. The molecular weight excluding hydrogens is 306 g/mol. The third kappa shape index (κ3) is 3.32. The molecule has 0 bridgehead atoms. The Balaban J connectivity index is 2.11. The zero-order valence-electron chi connectivity index (χ0n) is 10.4. The average Bonchev–Trinajstić information content (AvgIpc) is 2.42. The van der Waals surface area contributed by atoms with E-state index in [0.29, 0.717) is 11.3 Å². The van der Waals surface area contributed by atoms with Gasteiger partial charge in [0.15, 0.2) is 0 Å². The van der Waals surface area contributed by atoms with Crippen molar-refractivity contribution in [3.05, 3.63) is 58.3 Å². The molecule has 19 heavy (non-hydrogen) atoms. The van der Waals surface area contributed by atoms with Crippen LogP contribution in [-0.2, 0) is 0 Å². The number of nitrogens with two attached hydrogens (primary N) is 1. The van der Waals surface area contributed by atoms with Gasteiger partial charge in [0.25, 0.3) is 5.91 Å². The van der Waals surface area contributed by atoms with Crippen molar-refractivity contribution in [2.24, 2.45) is 0 Å². The maximum Gasteiger partial charge on any atom is 0.251 e. The van der Waals surface area contributed by atoms with Gasteiger partial charge in [-0.15, -0.1) is 0 Å². The number of aromatic nitrogens is 1. The number of anilines is 1. The number of nitrogen functional groups attached to an aromatic ring is 1. The molecule has 0 saturated heterocycles. The van der Waals surface area contributed by atoms with Crippen LogP contribution in [0.3, 0.4) is 0 Å². The van der Waals surface area contributed by atoms with Crippen molar-refractivity contribution in [2.75, 3.05) is 5.73 Å². The molecule has 5 heteroatoms. The van der Waals surface area contributed by atoms with Crippen molar-refractivity contribution in [1.82, 2.24) is 10.3 Å². The number of hydrogen-bond acceptors (Lipinski definition) is 3. The largest absolute Gasteiger partial charge is 0.398 e. The van der Waals surface area contributed by atoms with E-state index in [4.69, 9.17) is 5.73 Å². The zero-order valence-corrected chi connectivity index (χ0v) is 12.0. The van der Waals surface area contributed by atoms with E-state index in [1.807, 2.05) is 19.1 Å². The lowest BCUT2D eigenvalue weighted by Crippen LogP contribution is -2.26. The topological polar surface area (TPSA) is 68.0 Å². The molecule has 1 heterocycles. The molecule has 0 aliphatic heterocycles. The van der Waals surface area contributed by atoms with Gasteiger partial charge in [-0.2, -0.15) is 0 Å². The molecule has 0 aliphatic rings. The van der Waals surface area contributed by atoms with Crippen LogP contribution in [-0.4, -0.2) is 10.9 Å². The number of carbonyl (C=O) groups excluding carboxylic acids is 1. The summed E-state index contributed by atoms with van der Waals surface area (Å²) < 4.78 is 0.784. The maximum absolute atomic E-state index is 12.1. The molecule has 0 fully saturated rings. The molecule has 1 aromatic heterocycles. The summed E-state index contributed by atoms with van der Waals surface area (Å²) in [5.41, 5.74) is 7.86. The zero-order chi connectivity index (χ0) is 13.8. The Morgan fingerprint density at radius 1 is 1.32 bits per heavy atom. The van der Waals surface area contributed by atoms with Crippen LogP contribution in [0.15, 0.2) is 47.2 Å². The lowest BCUT2D eigenvalue weighted by Gasteiger charge is -2.14. The first-order chi connectivity index (χ1) is 9.08. The highest BCUT2D eigenvalue weighted by molar-refractivity contribution is 9.10. The Labute approximate surface area is 120 Å². The number of hydrogen-bond donors (Lipinski definition) is 2. The Hall–Kier alpha value is -1.88. The van der Waals surface area contributed by atoms with Gasteiger partial charge in [0.05, 0.1) is 6.04 Å². The summed E-state index contributed by atoms with van der Waals surface area (Å²) >= 11 is 3.30. The first-order valence-electron chi connectivity index (χ1n) is 5.83. The molecule has 98 valence electrons. The Morgan fingerprint density at radius 3 is 2.63 bits per heavy atom. The number of halogens is 1. The quantitative estimate of drug-likeness (QED) is 0.855. The summed E-state index contributed by atoms with van der Waals surface area (Å²) in [6.45, 7) is 1.93. The van der Waals surface area contributed by atoms with E-state index in [1.165, 1.54) is 0 Å². The van der Waals surface area contributed by atoms with E-state index in [0.717, 1.165) is 10.0 Å². The number of amides is 1. The number of nitrogens with one attached hydrogen (secondary N) is 1. The van der Waals surface area contributed by atoms with Crippen LogP contribution in [0.1, 0.15) is 28.9 Å². The van der Waals surface area contributed by atoms with E-state index in [2.05, 4.69) is 26.2 Å². The number of benzene rings is 1. The second-order valence-electron chi connectivity index (χ2n) is 4.21. The van der Waals surface area contributed by atoms with E-state index < -0.39 is 0 Å². The number of pyridine rings is 1. The molecule has 3 N–H and O–H groups in total. The predicted octanol–water partition coefficient (Wildman–Crippen LogP) is 2.92. The summed E-state index contributed by atoms with van der Waals surface area (Å²) in [5, 5.41) is 2.92. The summed E-state index contributed by atoms with van der Waals surface area (Å²) in [4.78, 5) is 16.0. The molecule has 1 aromatic carbocycles. The van der Waals surface area contributed by atoms with Crippen molar-refractivity contribution in [1.29, 1.82) is 0 Å². The maximum atomic E-state index is 12.1. The van der Waals surface area contributed by atoms with Crippen LogP contribution in [0.5, 0.6) is 0 Å². The smallest absolute Gasteiger partial charge is 0.251 e. The Kier molecular flexibility index (Phi) is 4.16. The van der Waals surface area contributed by atoms with Crippen LogP contribution < -0.4 is 11.1 Å². The van der Waals surface area contributed by atoms with E-state index >= 15 is 0 Å². The van der Waals surface area contributed by atoms with Crippen molar-refractivity contribution in [3.63, 3.8) is 0 Å². The van der Waals surface area contributed by atoms with Crippen molar-refractivity contribution in [3.8, 4) is 0 Å². The lowest BCUT2D eigenvalue weighted by atomic mass is 10.1. The fourth-order valence-corrected chi connectivity index (χ4v) is 1.95. The molecule has 0 saturated carbocycles. The second-order valence-corrected chi connectivity index (χ2v) is 5.07. The molecule has 2 rings (SSSR count). The van der Waals surface area contributed by atoms with Crippen LogP contribution in [0.2, 0.25) is 0 Å². The van der Waals surface area contributed by atoms with Gasteiger partial charge in [0, 0.05) is 28.1 Å². The van der Waals surface area contributed by atoms with Gasteiger partial charge in [0.2, 0.25) is 0 Å². The van der Waals surface area contributed by atoms with Crippen LogP contribution >= 0.6 is 15.9 Å². The van der Waals surface area contributed by atoms with Gasteiger partial charge in [-0.3, -0.25) is 9.78 Å². The van der Waals surface area contributed by atoms with E-state index in [-0.39, 0.29) is 11.9 Å². The van der Waals surface area contributed by atoms with Crippen LogP contribution in [0.4, 0.5) is 5.69 Å². The van der Waals surface area contributed by atoms with Crippen LogP contribution in [0.25, 0.3) is 0 Å². The average molecular weight is 320 g/mol. The van der Waals surface area contributed by atoms with Gasteiger partial charge in [-0.25, -0.2) is 0 Å². The van der Waals surface area contributed by atoms with Gasteiger partial charge in [-0.05, 0) is 58.7 Å². The fraction of sp³-hybridized carbons (Fsp3) is 0.143. The summed E-state index contributed by atoms with van der Waals surface area (Å²) in [6.07, 6.45) is 3.41. The molecule has 1 amide bonds. The first kappa shape index (κ1) is 13.5.